The van der Waals surface area contributed by atoms with Gasteiger partial charge in [-0.15, -0.1) is 0 Å². The molecule has 3 aliphatic carbocycles. The van der Waals surface area contributed by atoms with Crippen molar-refractivity contribution in [1.82, 2.24) is 9.78 Å². The molecule has 0 aliphatic heterocycles. The fraction of sp³-hybridized carbons (Fsp3) is 0.474. The Hall–Kier alpha value is -2.51. The van der Waals surface area contributed by atoms with Gasteiger partial charge in [-0.3, -0.25) is 0 Å². The number of ether oxygens (including phenoxy) is 1. The van der Waals surface area contributed by atoms with Crippen LogP contribution in [0.2, 0.25) is 0 Å². The van der Waals surface area contributed by atoms with Crippen LogP contribution in [0, 0.1) is 12.3 Å². The van der Waals surface area contributed by atoms with Gasteiger partial charge in [-0.05, 0) is 45.2 Å². The van der Waals surface area contributed by atoms with E-state index in [1.54, 1.807) is 17.7 Å². The molecule has 0 saturated heterocycles. The lowest BCUT2D eigenvalue weighted by Crippen LogP contribution is -2.75. The average molecular weight is 379 g/mol. The number of aromatic nitrogens is 2. The summed E-state index contributed by atoms with van der Waals surface area (Å²) in [6, 6.07) is 9.05. The molecule has 2 aromatic rings. The highest BCUT2D eigenvalue weighted by Crippen LogP contribution is 2.74. The number of alkyl halides is 3. The summed E-state index contributed by atoms with van der Waals surface area (Å²) in [5.74, 6) is -0.0619. The molecule has 3 fully saturated rings. The van der Waals surface area contributed by atoms with E-state index in [-0.39, 0.29) is 31.6 Å². The van der Waals surface area contributed by atoms with Gasteiger partial charge in [0.15, 0.2) is 5.69 Å². The monoisotopic (exact) mass is 379 g/mol. The van der Waals surface area contributed by atoms with Crippen LogP contribution in [0.5, 0.6) is 0 Å². The van der Waals surface area contributed by atoms with E-state index in [1.807, 2.05) is 31.2 Å². The van der Waals surface area contributed by atoms with E-state index in [1.165, 1.54) is 0 Å². The molecule has 1 heterocycles. The average Bonchev–Trinajstić information content (AvgIpc) is 2.93. The Bertz CT molecular complexity index is 867. The lowest BCUT2D eigenvalue weighted by molar-refractivity contribution is -0.327. The largest absolute Gasteiger partial charge is 0.461 e. The predicted octanol–water partition coefficient (Wildman–Crippen LogP) is 4.25. The maximum Gasteiger partial charge on any atom is 0.394 e. The van der Waals surface area contributed by atoms with Gasteiger partial charge in [-0.1, -0.05) is 17.7 Å². The number of aryl methyl sites for hydroxylation is 1. The summed E-state index contributed by atoms with van der Waals surface area (Å²) in [5, 5.41) is 7.52. The lowest BCUT2D eigenvalue weighted by atomic mass is 9.39. The van der Waals surface area contributed by atoms with Gasteiger partial charge in [-0.2, -0.15) is 18.3 Å². The van der Waals surface area contributed by atoms with Gasteiger partial charge in [-0.25, -0.2) is 9.48 Å². The Labute approximate surface area is 154 Å². The van der Waals surface area contributed by atoms with E-state index in [0.29, 0.717) is 5.82 Å². The van der Waals surface area contributed by atoms with Crippen LogP contribution in [-0.4, -0.2) is 34.1 Å². The Morgan fingerprint density at radius 2 is 1.89 bits per heavy atom. The van der Waals surface area contributed by atoms with Crippen LogP contribution in [0.1, 0.15) is 42.2 Å². The van der Waals surface area contributed by atoms with E-state index in [4.69, 9.17) is 4.74 Å². The van der Waals surface area contributed by atoms with Crippen molar-refractivity contribution in [3.63, 3.8) is 0 Å². The van der Waals surface area contributed by atoms with Crippen LogP contribution in [0.4, 0.5) is 19.0 Å². The fourth-order valence-electron chi connectivity index (χ4n) is 4.15. The van der Waals surface area contributed by atoms with E-state index < -0.39 is 23.1 Å². The van der Waals surface area contributed by atoms with Crippen LogP contribution in [-0.2, 0) is 4.74 Å². The van der Waals surface area contributed by atoms with E-state index >= 15 is 0 Å². The first kappa shape index (κ1) is 17.9. The van der Waals surface area contributed by atoms with Crippen LogP contribution in [0.15, 0.2) is 30.3 Å². The predicted molar refractivity (Wildman–Crippen MR) is 93.0 cm³/mol. The first-order valence-corrected chi connectivity index (χ1v) is 8.86. The molecule has 5 rings (SSSR count). The molecule has 8 heteroatoms. The Balaban J connectivity index is 1.62. The second-order valence-corrected chi connectivity index (χ2v) is 7.60. The molecule has 3 saturated carbocycles. The van der Waals surface area contributed by atoms with E-state index in [0.717, 1.165) is 11.3 Å². The Kier molecular flexibility index (Phi) is 3.80. The summed E-state index contributed by atoms with van der Waals surface area (Å²) in [4.78, 5) is 12.1. The molecule has 1 aromatic carbocycles. The SMILES string of the molecule is CCOC(=O)c1cc(NC23CC(C(F)(F)F)(C2)C3)n(-c2ccc(C)cc2)n1. The molecular weight excluding hydrogens is 359 g/mol. The van der Waals surface area contributed by atoms with Crippen molar-refractivity contribution in [2.24, 2.45) is 5.41 Å². The van der Waals surface area contributed by atoms with Crippen molar-refractivity contribution < 1.29 is 22.7 Å². The number of rotatable bonds is 5. The number of esters is 1. The topological polar surface area (TPSA) is 56.1 Å². The minimum Gasteiger partial charge on any atom is -0.461 e. The number of halogens is 3. The molecule has 2 bridgehead atoms. The number of carbonyl (C=O) groups excluding carboxylic acids is 1. The van der Waals surface area contributed by atoms with Gasteiger partial charge in [0.05, 0.1) is 17.7 Å². The molecule has 0 spiro atoms. The summed E-state index contributed by atoms with van der Waals surface area (Å²) in [6.07, 6.45) is -4.00. The number of hydrogen-bond acceptors (Lipinski definition) is 4. The van der Waals surface area contributed by atoms with Crippen LogP contribution in [0.3, 0.4) is 0 Å². The minimum absolute atomic E-state index is 0.0529. The third kappa shape index (κ3) is 2.78. The molecule has 5 nitrogen and oxygen atoms in total. The van der Waals surface area contributed by atoms with Gasteiger partial charge in [0, 0.05) is 11.6 Å². The third-order valence-corrected chi connectivity index (χ3v) is 5.50. The molecule has 1 N–H and O–H groups in total. The number of benzene rings is 1. The second-order valence-electron chi connectivity index (χ2n) is 7.60. The highest BCUT2D eigenvalue weighted by atomic mass is 19.4. The van der Waals surface area contributed by atoms with Gasteiger partial charge in [0.1, 0.15) is 5.82 Å². The molecule has 0 radical (unpaired) electrons. The number of hydrogen-bond donors (Lipinski definition) is 1. The van der Waals surface area contributed by atoms with Crippen molar-refractivity contribution in [2.75, 3.05) is 11.9 Å². The highest BCUT2D eigenvalue weighted by molar-refractivity contribution is 5.88. The zero-order valence-corrected chi connectivity index (χ0v) is 15.1. The van der Waals surface area contributed by atoms with Gasteiger partial charge in [0.2, 0.25) is 0 Å². The smallest absolute Gasteiger partial charge is 0.394 e. The summed E-state index contributed by atoms with van der Waals surface area (Å²) >= 11 is 0. The molecule has 3 aliphatic rings. The summed E-state index contributed by atoms with van der Waals surface area (Å²) in [5.41, 5.74) is -0.215. The third-order valence-electron chi connectivity index (χ3n) is 5.50. The normalized spacial score (nSPS) is 26.1. The molecule has 1 aromatic heterocycles. The highest BCUT2D eigenvalue weighted by Gasteiger charge is 2.78. The summed E-state index contributed by atoms with van der Waals surface area (Å²) in [6.45, 7) is 3.87. The first-order valence-electron chi connectivity index (χ1n) is 8.86. The van der Waals surface area contributed by atoms with Gasteiger partial charge >= 0.3 is 12.1 Å². The lowest BCUT2D eigenvalue weighted by Gasteiger charge is -2.70. The maximum absolute atomic E-state index is 13.1. The van der Waals surface area contributed by atoms with E-state index in [2.05, 4.69) is 10.4 Å². The van der Waals surface area contributed by atoms with Gasteiger partial charge in [0.25, 0.3) is 0 Å². The van der Waals surface area contributed by atoms with Crippen molar-refractivity contribution >= 4 is 11.8 Å². The first-order chi connectivity index (χ1) is 12.7. The zero-order valence-electron chi connectivity index (χ0n) is 15.1. The molecule has 27 heavy (non-hydrogen) atoms. The van der Waals surface area contributed by atoms with Crippen molar-refractivity contribution in [1.29, 1.82) is 0 Å². The van der Waals surface area contributed by atoms with E-state index in [9.17, 15) is 18.0 Å². The molecule has 144 valence electrons. The number of nitrogens with zero attached hydrogens (tertiary/aromatic N) is 2. The van der Waals surface area contributed by atoms with Crippen LogP contribution >= 0.6 is 0 Å². The van der Waals surface area contributed by atoms with Crippen LogP contribution < -0.4 is 5.32 Å². The molecule has 0 amide bonds. The number of anilines is 1. The maximum atomic E-state index is 13.1. The quantitative estimate of drug-likeness (QED) is 0.789. The standard InChI is InChI=1S/C19H20F3N3O2/c1-3-27-16(26)14-8-15(25(24-14)13-6-4-12(2)5-7-13)23-18-9-17(10-18,11-18)19(20,21)22/h4-8,23H,3,9-11H2,1-2H3. The Morgan fingerprint density at radius 1 is 1.26 bits per heavy atom. The van der Waals surface area contributed by atoms with Crippen molar-refractivity contribution in [2.45, 2.75) is 44.8 Å². The van der Waals surface area contributed by atoms with Crippen molar-refractivity contribution in [3.8, 4) is 5.69 Å². The molecular formula is C19H20F3N3O2. The van der Waals surface area contributed by atoms with Gasteiger partial charge < -0.3 is 10.1 Å². The van der Waals surface area contributed by atoms with Crippen LogP contribution in [0.25, 0.3) is 5.69 Å². The Morgan fingerprint density at radius 3 is 2.44 bits per heavy atom. The zero-order chi connectivity index (χ0) is 19.4. The minimum atomic E-state index is -4.16. The second kappa shape index (κ2) is 5.74. The number of nitrogens with one attached hydrogen (secondary N) is 1. The van der Waals surface area contributed by atoms with Crippen molar-refractivity contribution in [3.05, 3.63) is 41.6 Å². The molecule has 0 unspecified atom stereocenters. The summed E-state index contributed by atoms with van der Waals surface area (Å²) in [7, 11) is 0. The fourth-order valence-corrected chi connectivity index (χ4v) is 4.15. The molecule has 0 atom stereocenters. The number of carbonyl (C=O) groups is 1. The summed E-state index contributed by atoms with van der Waals surface area (Å²) < 4.78 is 45.9.